The Morgan fingerprint density at radius 3 is 2.47 bits per heavy atom. The van der Waals surface area contributed by atoms with Crippen LogP contribution in [0.15, 0.2) is 46.3 Å². The Kier molecular flexibility index (Phi) is 7.67. The maximum absolute atomic E-state index is 12.8. The number of anilines is 1. The highest BCUT2D eigenvalue weighted by Gasteiger charge is 2.30. The van der Waals surface area contributed by atoms with Crippen molar-refractivity contribution in [3.63, 3.8) is 0 Å². The first kappa shape index (κ1) is 24.4. The highest BCUT2D eigenvalue weighted by molar-refractivity contribution is 8.18. The molecule has 2 aromatic rings. The minimum absolute atomic E-state index is 0.0816. The number of carboxylic acids is 1. The molecule has 2 saturated heterocycles. The lowest BCUT2D eigenvalue weighted by Gasteiger charge is -2.28. The summed E-state index contributed by atoms with van der Waals surface area (Å²) in [6.45, 7) is 2.59. The van der Waals surface area contributed by atoms with Crippen molar-refractivity contribution < 1.29 is 24.2 Å². The lowest BCUT2D eigenvalue weighted by molar-refractivity contribution is -0.139. The fourth-order valence-corrected chi connectivity index (χ4v) is 5.01. The maximum Gasteiger partial charge on any atom is 0.341 e. The number of halogens is 2. The number of carboxylic acid groups (broad SMARTS) is 1. The first-order valence-electron chi connectivity index (χ1n) is 10.3. The van der Waals surface area contributed by atoms with Gasteiger partial charge in [-0.25, -0.2) is 9.79 Å². The Balaban J connectivity index is 1.51. The van der Waals surface area contributed by atoms with E-state index in [1.807, 2.05) is 24.3 Å². The molecule has 4 rings (SSSR count). The van der Waals surface area contributed by atoms with Gasteiger partial charge >= 0.3 is 5.97 Å². The van der Waals surface area contributed by atoms with Crippen LogP contribution < -0.4 is 9.64 Å². The number of likely N-dealkylation sites (N-methyl/N-ethyl adjacent to an activating group) is 1. The van der Waals surface area contributed by atoms with E-state index < -0.39 is 12.6 Å². The zero-order valence-electron chi connectivity index (χ0n) is 18.2. The molecule has 2 aliphatic rings. The third kappa shape index (κ3) is 5.67. The van der Waals surface area contributed by atoms with Crippen molar-refractivity contribution in [1.82, 2.24) is 4.90 Å². The summed E-state index contributed by atoms with van der Waals surface area (Å²) in [7, 11) is 1.67. The summed E-state index contributed by atoms with van der Waals surface area (Å²) in [4.78, 5) is 32.3. The summed E-state index contributed by atoms with van der Waals surface area (Å²) in [6.07, 6.45) is 1.66. The predicted octanol–water partition coefficient (Wildman–Crippen LogP) is 4.53. The number of aliphatic imine (C=N–C) groups is 1. The van der Waals surface area contributed by atoms with E-state index in [0.717, 1.165) is 37.7 Å². The van der Waals surface area contributed by atoms with E-state index in [1.54, 1.807) is 25.3 Å². The monoisotopic (exact) mass is 521 g/mol. The van der Waals surface area contributed by atoms with Crippen LogP contribution in [0.4, 0.5) is 11.4 Å². The predicted molar refractivity (Wildman–Crippen MR) is 134 cm³/mol. The molecule has 1 N–H and O–H groups in total. The van der Waals surface area contributed by atoms with Gasteiger partial charge in [0.1, 0.15) is 0 Å². The van der Waals surface area contributed by atoms with Crippen molar-refractivity contribution in [2.75, 3.05) is 44.9 Å². The summed E-state index contributed by atoms with van der Waals surface area (Å²) in [5.41, 5.74) is 2.44. The van der Waals surface area contributed by atoms with E-state index in [9.17, 15) is 9.59 Å². The van der Waals surface area contributed by atoms with Crippen LogP contribution in [0.1, 0.15) is 5.56 Å². The van der Waals surface area contributed by atoms with Gasteiger partial charge in [-0.15, -0.1) is 0 Å². The van der Waals surface area contributed by atoms with E-state index in [4.69, 9.17) is 37.8 Å². The van der Waals surface area contributed by atoms with Crippen LogP contribution in [0.25, 0.3) is 6.08 Å². The van der Waals surface area contributed by atoms with Crippen molar-refractivity contribution in [1.29, 1.82) is 0 Å². The van der Waals surface area contributed by atoms with Crippen LogP contribution in [0, 0.1) is 0 Å². The quantitative estimate of drug-likeness (QED) is 0.558. The number of nitrogens with zero attached hydrogens (tertiary/aromatic N) is 3. The smallest absolute Gasteiger partial charge is 0.341 e. The number of thioether (sulfide) groups is 1. The van der Waals surface area contributed by atoms with Gasteiger partial charge in [0.05, 0.1) is 33.9 Å². The lowest BCUT2D eigenvalue weighted by atomic mass is 10.2. The molecule has 8 nitrogen and oxygen atoms in total. The largest absolute Gasteiger partial charge is 0.479 e. The number of aliphatic carboxylic acids is 1. The van der Waals surface area contributed by atoms with Gasteiger partial charge in [0.15, 0.2) is 17.5 Å². The van der Waals surface area contributed by atoms with Gasteiger partial charge in [-0.2, -0.15) is 0 Å². The van der Waals surface area contributed by atoms with Crippen molar-refractivity contribution in [2.45, 2.75) is 0 Å². The third-order valence-electron chi connectivity index (χ3n) is 5.11. The standard InChI is InChI=1S/C23H21Cl2N3O5S/c1-27-22(31)19(12-14-10-17(24)21(18(25)11-14)33-13-20(29)30)34-23(27)26-15-2-4-16(5-3-15)28-6-8-32-9-7-28/h2-5,10-12H,6-9,13H2,1H3,(H,29,30)/b19-12-,26-23?. The van der Waals surface area contributed by atoms with Crippen LogP contribution in [0.3, 0.4) is 0 Å². The van der Waals surface area contributed by atoms with Gasteiger partial charge in [-0.05, 0) is 59.8 Å². The number of amidine groups is 1. The highest BCUT2D eigenvalue weighted by Crippen LogP contribution is 2.37. The minimum atomic E-state index is -1.14. The molecule has 0 atom stereocenters. The molecule has 2 aromatic carbocycles. The molecular formula is C23H21Cl2N3O5S. The Morgan fingerprint density at radius 2 is 1.85 bits per heavy atom. The third-order valence-corrected chi connectivity index (χ3v) is 6.73. The minimum Gasteiger partial charge on any atom is -0.479 e. The Labute approximate surface area is 210 Å². The molecule has 178 valence electrons. The zero-order valence-corrected chi connectivity index (χ0v) is 20.5. The molecule has 2 heterocycles. The highest BCUT2D eigenvalue weighted by atomic mass is 35.5. The Hall–Kier alpha value is -2.72. The van der Waals surface area contributed by atoms with E-state index in [0.29, 0.717) is 15.6 Å². The van der Waals surface area contributed by atoms with Crippen LogP contribution in [0.5, 0.6) is 5.75 Å². The fourth-order valence-electron chi connectivity index (χ4n) is 3.41. The van der Waals surface area contributed by atoms with Crippen LogP contribution >= 0.6 is 35.0 Å². The molecule has 0 saturated carbocycles. The number of hydrogen-bond acceptors (Lipinski definition) is 7. The number of morpholine rings is 1. The molecule has 0 aliphatic carbocycles. The second-order valence-corrected chi connectivity index (χ2v) is 9.30. The molecule has 0 bridgehead atoms. The fraction of sp³-hybridized carbons (Fsp3) is 0.261. The summed E-state index contributed by atoms with van der Waals surface area (Å²) in [6, 6.07) is 11.0. The first-order chi connectivity index (χ1) is 16.3. The second kappa shape index (κ2) is 10.7. The summed E-state index contributed by atoms with van der Waals surface area (Å²) in [5.74, 6) is -1.26. The molecular weight excluding hydrogens is 501 g/mol. The average Bonchev–Trinajstić information content (AvgIpc) is 3.07. The SMILES string of the molecule is CN1C(=O)/C(=C/c2cc(Cl)c(OCC(=O)O)c(Cl)c2)SC1=Nc1ccc(N2CCOCC2)cc1. The number of ether oxygens (including phenoxy) is 2. The normalized spacial score (nSPS) is 18.7. The second-order valence-electron chi connectivity index (χ2n) is 7.48. The van der Waals surface area contributed by atoms with E-state index >= 15 is 0 Å². The van der Waals surface area contributed by atoms with Crippen molar-refractivity contribution >= 4 is 69.5 Å². The van der Waals surface area contributed by atoms with Crippen molar-refractivity contribution in [3.05, 3.63) is 56.9 Å². The molecule has 34 heavy (non-hydrogen) atoms. The first-order valence-corrected chi connectivity index (χ1v) is 11.9. The van der Waals surface area contributed by atoms with Gasteiger partial charge in [0.25, 0.3) is 5.91 Å². The van der Waals surface area contributed by atoms with Gasteiger partial charge < -0.3 is 19.5 Å². The van der Waals surface area contributed by atoms with Crippen molar-refractivity contribution in [3.8, 4) is 5.75 Å². The Bertz CT molecular complexity index is 1140. The molecule has 0 unspecified atom stereocenters. The zero-order chi connectivity index (χ0) is 24.2. The van der Waals surface area contributed by atoms with E-state index in [2.05, 4.69) is 9.89 Å². The summed E-state index contributed by atoms with van der Waals surface area (Å²) in [5, 5.41) is 9.63. The number of carbonyl (C=O) groups is 2. The number of benzene rings is 2. The van der Waals surface area contributed by atoms with E-state index in [-0.39, 0.29) is 21.7 Å². The molecule has 2 aliphatic heterocycles. The molecule has 0 spiro atoms. The summed E-state index contributed by atoms with van der Waals surface area (Å²) < 4.78 is 10.5. The topological polar surface area (TPSA) is 91.7 Å². The van der Waals surface area contributed by atoms with Crippen LogP contribution in [-0.2, 0) is 14.3 Å². The summed E-state index contributed by atoms with van der Waals surface area (Å²) >= 11 is 13.7. The van der Waals surface area contributed by atoms with E-state index in [1.165, 1.54) is 16.7 Å². The molecule has 0 aromatic heterocycles. The van der Waals surface area contributed by atoms with Gasteiger partial charge in [0, 0.05) is 25.8 Å². The number of amides is 1. The lowest BCUT2D eigenvalue weighted by Crippen LogP contribution is -2.36. The molecule has 1 amide bonds. The van der Waals surface area contributed by atoms with Crippen molar-refractivity contribution in [2.24, 2.45) is 4.99 Å². The molecule has 0 radical (unpaired) electrons. The number of carbonyl (C=O) groups excluding carboxylic acids is 1. The Morgan fingerprint density at radius 1 is 1.21 bits per heavy atom. The molecule has 11 heteroatoms. The van der Waals surface area contributed by atoms with Crippen LogP contribution in [-0.4, -0.2) is 67.0 Å². The maximum atomic E-state index is 12.8. The van der Waals surface area contributed by atoms with Crippen LogP contribution in [0.2, 0.25) is 10.0 Å². The number of hydrogen-bond donors (Lipinski definition) is 1. The van der Waals surface area contributed by atoms with Gasteiger partial charge in [0.2, 0.25) is 0 Å². The average molecular weight is 522 g/mol. The van der Waals surface area contributed by atoms with Gasteiger partial charge in [-0.1, -0.05) is 23.2 Å². The van der Waals surface area contributed by atoms with Gasteiger partial charge in [-0.3, -0.25) is 9.69 Å². The molecule has 2 fully saturated rings. The number of rotatable bonds is 6.